The van der Waals surface area contributed by atoms with E-state index < -0.39 is 0 Å². The lowest BCUT2D eigenvalue weighted by molar-refractivity contribution is -0.117. The molecule has 2 heterocycles. The van der Waals surface area contributed by atoms with Crippen LogP contribution in [-0.2, 0) is 9.53 Å². The number of rotatable bonds is 4. The van der Waals surface area contributed by atoms with Crippen LogP contribution >= 0.6 is 0 Å². The van der Waals surface area contributed by atoms with Crippen molar-refractivity contribution < 1.29 is 14.3 Å². The lowest BCUT2D eigenvalue weighted by Gasteiger charge is -2.27. The highest BCUT2D eigenvalue weighted by Crippen LogP contribution is 2.31. The number of carbonyl (C=O) groups is 2. The number of nitrogens with zero attached hydrogens (tertiary/aromatic N) is 2. The number of hydrogen-bond donors (Lipinski definition) is 1. The molecule has 0 bridgehead atoms. The molecule has 0 spiro atoms. The van der Waals surface area contributed by atoms with Gasteiger partial charge in [-0.25, -0.2) is 4.98 Å². The summed E-state index contributed by atoms with van der Waals surface area (Å²) in [6.45, 7) is 4.49. The van der Waals surface area contributed by atoms with E-state index in [2.05, 4.69) is 29.4 Å². The smallest absolute Gasteiger partial charge is 0.254 e. The molecule has 1 N–H and O–H groups in total. The Kier molecular flexibility index (Phi) is 5.16. The maximum Gasteiger partial charge on any atom is 0.254 e. The second kappa shape index (κ2) is 8.12. The van der Waals surface area contributed by atoms with Crippen LogP contribution in [0, 0.1) is 12.8 Å². The highest BCUT2D eigenvalue weighted by molar-refractivity contribution is 5.97. The molecule has 31 heavy (non-hydrogen) atoms. The molecular formula is C25H25N3O3. The summed E-state index contributed by atoms with van der Waals surface area (Å²) in [5.41, 5.74) is 3.88. The zero-order valence-electron chi connectivity index (χ0n) is 17.6. The Labute approximate surface area is 181 Å². The van der Waals surface area contributed by atoms with Crippen molar-refractivity contribution in [2.24, 2.45) is 5.92 Å². The summed E-state index contributed by atoms with van der Waals surface area (Å²) in [6, 6.07) is 14.0. The summed E-state index contributed by atoms with van der Waals surface area (Å²) in [5.74, 6) is 0.839. The third-order valence-corrected chi connectivity index (χ3v) is 6.01. The van der Waals surface area contributed by atoms with Crippen LogP contribution in [0.4, 0.5) is 5.82 Å². The number of aryl methyl sites for hydroxylation is 1. The second-order valence-corrected chi connectivity index (χ2v) is 8.33. The van der Waals surface area contributed by atoms with Crippen molar-refractivity contribution in [3.63, 3.8) is 0 Å². The number of carbonyl (C=O) groups excluding carboxylic acids is 2. The molecule has 5 rings (SSSR count). The topological polar surface area (TPSA) is 71.5 Å². The van der Waals surface area contributed by atoms with E-state index in [1.54, 1.807) is 6.20 Å². The average Bonchev–Trinajstić information content (AvgIpc) is 3.65. The summed E-state index contributed by atoms with van der Waals surface area (Å²) in [7, 11) is 0. The molecule has 2 aromatic carbocycles. The molecule has 3 aromatic rings. The number of pyridine rings is 1. The van der Waals surface area contributed by atoms with E-state index in [9.17, 15) is 9.59 Å². The minimum atomic E-state index is 0.0445. The van der Waals surface area contributed by atoms with Crippen LogP contribution in [0.15, 0.2) is 48.7 Å². The number of benzene rings is 2. The van der Waals surface area contributed by atoms with E-state index in [-0.39, 0.29) is 17.7 Å². The van der Waals surface area contributed by atoms with Gasteiger partial charge in [-0.3, -0.25) is 9.59 Å². The number of ether oxygens (including phenoxy) is 1. The zero-order valence-corrected chi connectivity index (χ0v) is 17.6. The van der Waals surface area contributed by atoms with E-state index in [0.29, 0.717) is 37.7 Å². The van der Waals surface area contributed by atoms with E-state index in [4.69, 9.17) is 4.74 Å². The lowest BCUT2D eigenvalue weighted by Crippen LogP contribution is -2.40. The minimum absolute atomic E-state index is 0.0445. The molecule has 0 radical (unpaired) electrons. The van der Waals surface area contributed by atoms with Crippen molar-refractivity contribution in [3.05, 3.63) is 59.8 Å². The van der Waals surface area contributed by atoms with Crippen molar-refractivity contribution >= 4 is 28.4 Å². The first-order valence-corrected chi connectivity index (χ1v) is 10.8. The zero-order chi connectivity index (χ0) is 21.4. The normalized spacial score (nSPS) is 16.4. The highest BCUT2D eigenvalue weighted by atomic mass is 16.5. The van der Waals surface area contributed by atoms with Gasteiger partial charge in [-0.05, 0) is 66.1 Å². The van der Waals surface area contributed by atoms with Gasteiger partial charge in [0.25, 0.3) is 5.91 Å². The van der Waals surface area contributed by atoms with Crippen LogP contribution in [-0.4, -0.2) is 48.0 Å². The summed E-state index contributed by atoms with van der Waals surface area (Å²) in [6.07, 6.45) is 3.73. The largest absolute Gasteiger partial charge is 0.378 e. The Balaban J connectivity index is 1.42. The fourth-order valence-electron chi connectivity index (χ4n) is 3.97. The Hall–Kier alpha value is -3.25. The Bertz CT molecular complexity index is 1160. The average molecular weight is 415 g/mol. The molecular weight excluding hydrogens is 390 g/mol. The molecule has 2 amide bonds. The van der Waals surface area contributed by atoms with Gasteiger partial charge in [-0.2, -0.15) is 0 Å². The van der Waals surface area contributed by atoms with Gasteiger partial charge in [-0.15, -0.1) is 0 Å². The summed E-state index contributed by atoms with van der Waals surface area (Å²) < 4.78 is 5.36. The number of anilines is 1. The number of aromatic nitrogens is 1. The van der Waals surface area contributed by atoms with Crippen LogP contribution in [0.3, 0.4) is 0 Å². The molecule has 0 unspecified atom stereocenters. The number of hydrogen-bond acceptors (Lipinski definition) is 4. The maximum atomic E-state index is 12.9. The van der Waals surface area contributed by atoms with Gasteiger partial charge in [0.15, 0.2) is 0 Å². The van der Waals surface area contributed by atoms with Crippen molar-refractivity contribution in [1.29, 1.82) is 0 Å². The van der Waals surface area contributed by atoms with Crippen LogP contribution in [0.5, 0.6) is 0 Å². The maximum absolute atomic E-state index is 12.9. The number of fused-ring (bicyclic) bond motifs is 1. The molecule has 6 nitrogen and oxygen atoms in total. The first-order chi connectivity index (χ1) is 15.1. The first-order valence-electron chi connectivity index (χ1n) is 10.8. The molecule has 158 valence electrons. The van der Waals surface area contributed by atoms with E-state index in [1.807, 2.05) is 35.2 Å². The van der Waals surface area contributed by atoms with Gasteiger partial charge in [0.2, 0.25) is 5.91 Å². The van der Waals surface area contributed by atoms with Gasteiger partial charge in [0, 0.05) is 36.2 Å². The monoisotopic (exact) mass is 415 g/mol. The van der Waals surface area contributed by atoms with Gasteiger partial charge >= 0.3 is 0 Å². The minimum Gasteiger partial charge on any atom is -0.378 e. The Morgan fingerprint density at radius 1 is 1.03 bits per heavy atom. The van der Waals surface area contributed by atoms with E-state index in [0.717, 1.165) is 40.3 Å². The number of amides is 2. The molecule has 1 aromatic heterocycles. The van der Waals surface area contributed by atoms with Crippen molar-refractivity contribution in [3.8, 4) is 11.1 Å². The Morgan fingerprint density at radius 2 is 1.84 bits per heavy atom. The molecule has 1 aliphatic carbocycles. The van der Waals surface area contributed by atoms with Crippen molar-refractivity contribution in [2.45, 2.75) is 19.8 Å². The second-order valence-electron chi connectivity index (χ2n) is 8.33. The molecule has 2 aliphatic rings. The van der Waals surface area contributed by atoms with E-state index in [1.165, 1.54) is 0 Å². The van der Waals surface area contributed by atoms with Crippen molar-refractivity contribution in [2.75, 3.05) is 31.6 Å². The first kappa shape index (κ1) is 19.7. The standard InChI is InChI=1S/C25H25N3O3/c1-16-2-3-20(25(30)28-8-10-31-11-9-28)13-22(16)19-7-6-18-14-23(26-15-21(18)12-19)27-24(29)17-4-5-17/h2-3,6-7,12-15,17H,4-5,8-11H2,1H3,(H,26,27,29). The highest BCUT2D eigenvalue weighted by Gasteiger charge is 2.29. The summed E-state index contributed by atoms with van der Waals surface area (Å²) >= 11 is 0. The molecule has 2 fully saturated rings. The van der Waals surface area contributed by atoms with Crippen LogP contribution in [0.1, 0.15) is 28.8 Å². The summed E-state index contributed by atoms with van der Waals surface area (Å²) in [5, 5.41) is 4.91. The van der Waals surface area contributed by atoms with E-state index >= 15 is 0 Å². The molecule has 1 saturated carbocycles. The van der Waals surface area contributed by atoms with Crippen LogP contribution in [0.2, 0.25) is 0 Å². The third kappa shape index (κ3) is 4.16. The fourth-order valence-corrected chi connectivity index (χ4v) is 3.97. The molecule has 6 heteroatoms. The van der Waals surface area contributed by atoms with Gasteiger partial charge in [0.05, 0.1) is 13.2 Å². The fraction of sp³-hybridized carbons (Fsp3) is 0.320. The molecule has 0 atom stereocenters. The number of morpholine rings is 1. The Morgan fingerprint density at radius 3 is 2.61 bits per heavy atom. The van der Waals surface area contributed by atoms with Gasteiger partial charge in [-0.1, -0.05) is 18.2 Å². The van der Waals surface area contributed by atoms with Crippen molar-refractivity contribution in [1.82, 2.24) is 9.88 Å². The molecule has 1 aliphatic heterocycles. The quantitative estimate of drug-likeness (QED) is 0.698. The SMILES string of the molecule is Cc1ccc(C(=O)N2CCOCC2)cc1-c1ccc2cc(NC(=O)C3CC3)ncc2c1. The van der Waals surface area contributed by atoms with Crippen LogP contribution < -0.4 is 5.32 Å². The lowest BCUT2D eigenvalue weighted by atomic mass is 9.96. The van der Waals surface area contributed by atoms with Gasteiger partial charge in [0.1, 0.15) is 5.82 Å². The third-order valence-electron chi connectivity index (χ3n) is 6.01. The summed E-state index contributed by atoms with van der Waals surface area (Å²) in [4.78, 5) is 31.2. The predicted molar refractivity (Wildman–Crippen MR) is 120 cm³/mol. The molecule has 1 saturated heterocycles. The number of nitrogens with one attached hydrogen (secondary N) is 1. The van der Waals surface area contributed by atoms with Gasteiger partial charge < -0.3 is 15.0 Å². The van der Waals surface area contributed by atoms with Crippen LogP contribution in [0.25, 0.3) is 21.9 Å². The predicted octanol–water partition coefficient (Wildman–Crippen LogP) is 4.03.